The van der Waals surface area contributed by atoms with Gasteiger partial charge in [-0.2, -0.15) is 0 Å². The molecular weight excluding hydrogens is 387 g/mol. The number of benzene rings is 2. The summed E-state index contributed by atoms with van der Waals surface area (Å²) < 4.78 is 14.8. The first kappa shape index (κ1) is 18.2. The molecule has 0 atom stereocenters. The average Bonchev–Trinajstić information content (AvgIpc) is 3.07. The molecule has 2 heterocycles. The van der Waals surface area contributed by atoms with E-state index in [9.17, 15) is 9.18 Å². The zero-order valence-electron chi connectivity index (χ0n) is 14.5. The summed E-state index contributed by atoms with van der Waals surface area (Å²) in [6, 6.07) is 12.4. The first-order chi connectivity index (χ1) is 13.1. The first-order valence-corrected chi connectivity index (χ1v) is 9.86. The summed E-state index contributed by atoms with van der Waals surface area (Å²) in [5.41, 5.74) is 1.32. The number of rotatable bonds is 4. The number of aromatic nitrogens is 1. The predicted octanol–water partition coefficient (Wildman–Crippen LogP) is 3.85. The second-order valence-electron chi connectivity index (χ2n) is 6.37. The maximum Gasteiger partial charge on any atom is 0.240 e. The van der Waals surface area contributed by atoms with Gasteiger partial charge in [0.15, 0.2) is 5.13 Å². The highest BCUT2D eigenvalue weighted by Gasteiger charge is 2.21. The number of piperazine rings is 1. The number of amides is 1. The molecule has 5 nitrogen and oxygen atoms in total. The van der Waals surface area contributed by atoms with E-state index in [0.29, 0.717) is 47.5 Å². The molecule has 0 saturated carbocycles. The SMILES string of the molecule is O=C(CN1CCN(c2ccccc2F)CC1)Nc1nc2c(Cl)cccc2s1. The maximum absolute atomic E-state index is 13.9. The van der Waals surface area contributed by atoms with Gasteiger partial charge in [-0.05, 0) is 24.3 Å². The van der Waals surface area contributed by atoms with E-state index >= 15 is 0 Å². The Balaban J connectivity index is 1.33. The molecule has 3 aromatic rings. The third-order valence-electron chi connectivity index (χ3n) is 4.55. The molecule has 4 rings (SSSR count). The molecule has 1 N–H and O–H groups in total. The van der Waals surface area contributed by atoms with E-state index in [-0.39, 0.29) is 18.3 Å². The van der Waals surface area contributed by atoms with Crippen LogP contribution in [0.15, 0.2) is 42.5 Å². The molecule has 0 radical (unpaired) electrons. The monoisotopic (exact) mass is 404 g/mol. The van der Waals surface area contributed by atoms with Crippen molar-refractivity contribution in [2.45, 2.75) is 0 Å². The van der Waals surface area contributed by atoms with Crippen LogP contribution in [-0.2, 0) is 4.79 Å². The largest absolute Gasteiger partial charge is 0.367 e. The molecule has 1 saturated heterocycles. The van der Waals surface area contributed by atoms with Crippen molar-refractivity contribution in [1.29, 1.82) is 0 Å². The molecule has 0 bridgehead atoms. The summed E-state index contributed by atoms with van der Waals surface area (Å²) >= 11 is 7.53. The summed E-state index contributed by atoms with van der Waals surface area (Å²) in [5.74, 6) is -0.317. The van der Waals surface area contributed by atoms with E-state index in [4.69, 9.17) is 11.6 Å². The summed E-state index contributed by atoms with van der Waals surface area (Å²) in [5, 5.41) is 3.98. The van der Waals surface area contributed by atoms with Gasteiger partial charge in [0.05, 0.1) is 22.0 Å². The fourth-order valence-electron chi connectivity index (χ4n) is 3.19. The number of nitrogens with zero attached hydrogens (tertiary/aromatic N) is 3. The number of nitrogens with one attached hydrogen (secondary N) is 1. The molecule has 1 fully saturated rings. The van der Waals surface area contributed by atoms with Crippen molar-refractivity contribution < 1.29 is 9.18 Å². The average molecular weight is 405 g/mol. The molecule has 1 aliphatic rings. The van der Waals surface area contributed by atoms with Crippen LogP contribution >= 0.6 is 22.9 Å². The Morgan fingerprint density at radius 1 is 1.15 bits per heavy atom. The highest BCUT2D eigenvalue weighted by molar-refractivity contribution is 7.22. The van der Waals surface area contributed by atoms with Gasteiger partial charge in [0.1, 0.15) is 11.3 Å². The molecule has 140 valence electrons. The molecule has 0 unspecified atom stereocenters. The van der Waals surface area contributed by atoms with Crippen LogP contribution in [0.1, 0.15) is 0 Å². The molecule has 27 heavy (non-hydrogen) atoms. The van der Waals surface area contributed by atoms with E-state index in [1.54, 1.807) is 18.2 Å². The number of para-hydroxylation sites is 2. The van der Waals surface area contributed by atoms with Crippen LogP contribution in [0.3, 0.4) is 0 Å². The van der Waals surface area contributed by atoms with Gasteiger partial charge in [-0.25, -0.2) is 9.37 Å². The molecule has 1 aliphatic heterocycles. The zero-order valence-corrected chi connectivity index (χ0v) is 16.1. The van der Waals surface area contributed by atoms with Gasteiger partial charge in [-0.3, -0.25) is 9.69 Å². The van der Waals surface area contributed by atoms with Crippen molar-refractivity contribution in [2.75, 3.05) is 42.9 Å². The van der Waals surface area contributed by atoms with Crippen LogP contribution in [0.25, 0.3) is 10.2 Å². The lowest BCUT2D eigenvalue weighted by molar-refractivity contribution is -0.117. The topological polar surface area (TPSA) is 48.5 Å². The number of fused-ring (bicyclic) bond motifs is 1. The number of hydrogen-bond acceptors (Lipinski definition) is 5. The van der Waals surface area contributed by atoms with Gasteiger partial charge in [-0.1, -0.05) is 41.1 Å². The van der Waals surface area contributed by atoms with Crippen molar-refractivity contribution in [1.82, 2.24) is 9.88 Å². The smallest absolute Gasteiger partial charge is 0.240 e. The lowest BCUT2D eigenvalue weighted by Crippen LogP contribution is -2.48. The highest BCUT2D eigenvalue weighted by Crippen LogP contribution is 2.30. The normalized spacial score (nSPS) is 15.3. The van der Waals surface area contributed by atoms with E-state index in [1.807, 2.05) is 23.1 Å². The Morgan fingerprint density at radius 3 is 2.67 bits per heavy atom. The van der Waals surface area contributed by atoms with Crippen LogP contribution in [0, 0.1) is 5.82 Å². The predicted molar refractivity (Wildman–Crippen MR) is 108 cm³/mol. The second kappa shape index (κ2) is 7.80. The Labute approximate surface area is 165 Å². The number of hydrogen-bond donors (Lipinski definition) is 1. The zero-order chi connectivity index (χ0) is 18.8. The van der Waals surface area contributed by atoms with E-state index in [2.05, 4.69) is 15.2 Å². The van der Waals surface area contributed by atoms with E-state index < -0.39 is 0 Å². The van der Waals surface area contributed by atoms with Gasteiger partial charge < -0.3 is 10.2 Å². The van der Waals surface area contributed by atoms with Crippen LogP contribution in [0.5, 0.6) is 0 Å². The molecule has 0 spiro atoms. The first-order valence-electron chi connectivity index (χ1n) is 8.67. The highest BCUT2D eigenvalue weighted by atomic mass is 35.5. The third-order valence-corrected chi connectivity index (χ3v) is 5.79. The van der Waals surface area contributed by atoms with Gasteiger partial charge in [0.2, 0.25) is 5.91 Å². The fourth-order valence-corrected chi connectivity index (χ4v) is 4.37. The number of carbonyl (C=O) groups is 1. The van der Waals surface area contributed by atoms with Crippen LogP contribution < -0.4 is 10.2 Å². The minimum Gasteiger partial charge on any atom is -0.367 e. The lowest BCUT2D eigenvalue weighted by Gasteiger charge is -2.35. The van der Waals surface area contributed by atoms with Gasteiger partial charge in [0, 0.05) is 26.2 Å². The molecule has 1 aromatic heterocycles. The van der Waals surface area contributed by atoms with Gasteiger partial charge in [0.25, 0.3) is 0 Å². The molecule has 1 amide bonds. The number of halogens is 2. The number of anilines is 2. The maximum atomic E-state index is 13.9. The van der Waals surface area contributed by atoms with Crippen molar-refractivity contribution in [3.05, 3.63) is 53.3 Å². The quantitative estimate of drug-likeness (QED) is 0.717. The summed E-state index contributed by atoms with van der Waals surface area (Å²) in [7, 11) is 0. The summed E-state index contributed by atoms with van der Waals surface area (Å²) in [6.07, 6.45) is 0. The van der Waals surface area contributed by atoms with Crippen molar-refractivity contribution in [3.63, 3.8) is 0 Å². The van der Waals surface area contributed by atoms with Crippen molar-refractivity contribution in [3.8, 4) is 0 Å². The molecule has 8 heteroatoms. The Morgan fingerprint density at radius 2 is 1.93 bits per heavy atom. The minimum atomic E-state index is -0.210. The fraction of sp³-hybridized carbons (Fsp3) is 0.263. The minimum absolute atomic E-state index is 0.107. The van der Waals surface area contributed by atoms with E-state index in [1.165, 1.54) is 17.4 Å². The third kappa shape index (κ3) is 4.05. The lowest BCUT2D eigenvalue weighted by atomic mass is 10.2. The number of carbonyl (C=O) groups excluding carboxylic acids is 1. The molecule has 2 aromatic carbocycles. The van der Waals surface area contributed by atoms with E-state index in [0.717, 1.165) is 4.70 Å². The molecule has 0 aliphatic carbocycles. The second-order valence-corrected chi connectivity index (χ2v) is 7.81. The van der Waals surface area contributed by atoms with Crippen LogP contribution in [0.4, 0.5) is 15.2 Å². The van der Waals surface area contributed by atoms with Crippen LogP contribution in [-0.4, -0.2) is 48.5 Å². The number of thiazole rings is 1. The van der Waals surface area contributed by atoms with Crippen molar-refractivity contribution in [2.24, 2.45) is 0 Å². The summed E-state index contributed by atoms with van der Waals surface area (Å²) in [6.45, 7) is 3.06. The van der Waals surface area contributed by atoms with Gasteiger partial charge in [-0.15, -0.1) is 0 Å². The Hall–Kier alpha value is -2.22. The van der Waals surface area contributed by atoms with Crippen LogP contribution in [0.2, 0.25) is 5.02 Å². The Bertz CT molecular complexity index is 971. The van der Waals surface area contributed by atoms with Gasteiger partial charge >= 0.3 is 0 Å². The molecular formula is C19H18ClFN4OS. The summed E-state index contributed by atoms with van der Waals surface area (Å²) in [4.78, 5) is 20.8. The Kier molecular flexibility index (Phi) is 5.24. The standard InChI is InChI=1S/C19H18ClFN4OS/c20-13-4-3-7-16-18(13)23-19(27-16)22-17(26)12-24-8-10-25(11-9-24)15-6-2-1-5-14(15)21/h1-7H,8-12H2,(H,22,23,26). The van der Waals surface area contributed by atoms with Crippen molar-refractivity contribution >= 4 is 49.9 Å².